The van der Waals surface area contributed by atoms with E-state index in [-0.39, 0.29) is 0 Å². The largest absolute Gasteiger partial charge is 0.497 e. The van der Waals surface area contributed by atoms with Crippen LogP contribution in [0.25, 0.3) is 0 Å². The zero-order chi connectivity index (χ0) is 12.1. The number of anilines is 1. The highest BCUT2D eigenvalue weighted by atomic mass is 32.2. The molecule has 1 aromatic carbocycles. The topological polar surface area (TPSA) is 24.5 Å². The minimum absolute atomic E-state index is 0.666. The first-order chi connectivity index (χ1) is 8.33. The molecule has 0 aliphatic carbocycles. The monoisotopic (exact) mass is 252 g/mol. The van der Waals surface area contributed by atoms with Crippen LogP contribution in [0.5, 0.6) is 5.75 Å². The molecule has 94 valence electrons. The normalized spacial score (nSPS) is 17.2. The fourth-order valence-electron chi connectivity index (χ4n) is 2.22. The number of piperidine rings is 1. The third-order valence-electron chi connectivity index (χ3n) is 3.22. The van der Waals surface area contributed by atoms with Gasteiger partial charge in [0.2, 0.25) is 0 Å². The van der Waals surface area contributed by atoms with Crippen molar-refractivity contribution >= 4 is 17.6 Å². The number of hydrogen-bond acceptors (Lipinski definition) is 4. The van der Waals surface area contributed by atoms with Gasteiger partial charge in [0.25, 0.3) is 0 Å². The van der Waals surface area contributed by atoms with Gasteiger partial charge in [-0.15, -0.1) is 0 Å². The molecule has 1 heterocycles. The van der Waals surface area contributed by atoms with Crippen molar-refractivity contribution in [3.63, 3.8) is 0 Å². The van der Waals surface area contributed by atoms with Gasteiger partial charge in [0.1, 0.15) is 5.75 Å². The number of rotatable bonds is 4. The molecular formula is C13H20N2OS. The molecule has 1 fully saturated rings. The molecule has 3 nitrogen and oxygen atoms in total. The van der Waals surface area contributed by atoms with Crippen molar-refractivity contribution in [1.29, 1.82) is 0 Å². The average Bonchev–Trinajstić information content (AvgIpc) is 2.40. The maximum Gasteiger partial charge on any atom is 0.119 e. The summed E-state index contributed by atoms with van der Waals surface area (Å²) in [4.78, 5) is 2.44. The van der Waals surface area contributed by atoms with Crippen LogP contribution < -0.4 is 14.4 Å². The molecule has 1 N–H and O–H groups in total. The van der Waals surface area contributed by atoms with Crippen molar-refractivity contribution in [2.75, 3.05) is 31.4 Å². The lowest BCUT2D eigenvalue weighted by molar-refractivity contribution is 0.414. The lowest BCUT2D eigenvalue weighted by Crippen LogP contribution is -2.40. The molecule has 1 aliphatic rings. The van der Waals surface area contributed by atoms with Crippen molar-refractivity contribution in [3.05, 3.63) is 24.3 Å². The van der Waals surface area contributed by atoms with Crippen LogP contribution >= 0.6 is 11.9 Å². The molecule has 0 amide bonds. The molecular weight excluding hydrogens is 232 g/mol. The van der Waals surface area contributed by atoms with E-state index in [0.29, 0.717) is 6.04 Å². The molecule has 1 aromatic rings. The Hall–Kier alpha value is -0.870. The Morgan fingerprint density at radius 2 is 1.88 bits per heavy atom. The van der Waals surface area contributed by atoms with Crippen LogP contribution in [0.15, 0.2) is 24.3 Å². The minimum atomic E-state index is 0.666. The number of benzene rings is 1. The Bertz CT molecular complexity index is 334. The standard InChI is InChI=1S/C13H20N2OS/c1-16-13-5-3-12(4-6-13)15-9-7-11(8-10-15)14-17-2/h3-6,11,14H,7-10H2,1-2H3. The predicted molar refractivity (Wildman–Crippen MR) is 74.9 cm³/mol. The zero-order valence-corrected chi connectivity index (χ0v) is 11.3. The van der Waals surface area contributed by atoms with Crippen LogP contribution in [0.4, 0.5) is 5.69 Å². The van der Waals surface area contributed by atoms with E-state index in [9.17, 15) is 0 Å². The van der Waals surface area contributed by atoms with Crippen molar-refractivity contribution in [2.24, 2.45) is 0 Å². The quantitative estimate of drug-likeness (QED) is 0.832. The van der Waals surface area contributed by atoms with Gasteiger partial charge in [-0.3, -0.25) is 4.72 Å². The smallest absolute Gasteiger partial charge is 0.119 e. The van der Waals surface area contributed by atoms with Crippen LogP contribution in [-0.4, -0.2) is 32.5 Å². The third kappa shape index (κ3) is 3.30. The van der Waals surface area contributed by atoms with Gasteiger partial charge in [-0.2, -0.15) is 0 Å². The Morgan fingerprint density at radius 1 is 1.24 bits per heavy atom. The molecule has 0 spiro atoms. The fourth-order valence-corrected chi connectivity index (χ4v) is 2.78. The Balaban J connectivity index is 1.91. The van der Waals surface area contributed by atoms with Crippen molar-refractivity contribution in [3.8, 4) is 5.75 Å². The lowest BCUT2D eigenvalue weighted by atomic mass is 10.1. The van der Waals surface area contributed by atoms with Crippen LogP contribution in [-0.2, 0) is 0 Å². The zero-order valence-electron chi connectivity index (χ0n) is 10.5. The van der Waals surface area contributed by atoms with Crippen molar-refractivity contribution in [1.82, 2.24) is 4.72 Å². The minimum Gasteiger partial charge on any atom is -0.497 e. The average molecular weight is 252 g/mol. The molecule has 0 radical (unpaired) electrons. The van der Waals surface area contributed by atoms with E-state index < -0.39 is 0 Å². The van der Waals surface area contributed by atoms with Gasteiger partial charge in [-0.05, 0) is 43.4 Å². The molecule has 17 heavy (non-hydrogen) atoms. The van der Waals surface area contributed by atoms with E-state index in [4.69, 9.17) is 4.74 Å². The summed E-state index contributed by atoms with van der Waals surface area (Å²) in [5, 5.41) is 0. The number of nitrogens with zero attached hydrogens (tertiary/aromatic N) is 1. The molecule has 2 rings (SSSR count). The lowest BCUT2D eigenvalue weighted by Gasteiger charge is -2.33. The summed E-state index contributed by atoms with van der Waals surface area (Å²) >= 11 is 1.73. The Kier molecular flexibility index (Phi) is 4.57. The summed E-state index contributed by atoms with van der Waals surface area (Å²) in [5.41, 5.74) is 1.30. The molecule has 0 atom stereocenters. The van der Waals surface area contributed by atoms with Gasteiger partial charge in [-0.1, -0.05) is 11.9 Å². The fraction of sp³-hybridized carbons (Fsp3) is 0.538. The second kappa shape index (κ2) is 6.17. The first-order valence-corrected chi connectivity index (χ1v) is 7.23. The summed E-state index contributed by atoms with van der Waals surface area (Å²) in [6, 6.07) is 9.00. The van der Waals surface area contributed by atoms with E-state index >= 15 is 0 Å². The van der Waals surface area contributed by atoms with Crippen LogP contribution in [0.2, 0.25) is 0 Å². The molecule has 0 unspecified atom stereocenters. The van der Waals surface area contributed by atoms with E-state index in [1.54, 1.807) is 19.1 Å². The number of methoxy groups -OCH3 is 1. The van der Waals surface area contributed by atoms with Gasteiger partial charge >= 0.3 is 0 Å². The van der Waals surface area contributed by atoms with E-state index in [1.165, 1.54) is 18.5 Å². The van der Waals surface area contributed by atoms with Crippen LogP contribution in [0.3, 0.4) is 0 Å². The highest BCUT2D eigenvalue weighted by Gasteiger charge is 2.18. The summed E-state index contributed by atoms with van der Waals surface area (Å²) in [6.45, 7) is 2.26. The second-order valence-corrected chi connectivity index (χ2v) is 4.93. The van der Waals surface area contributed by atoms with Crippen LogP contribution in [0, 0.1) is 0 Å². The Morgan fingerprint density at radius 3 is 2.41 bits per heavy atom. The summed E-state index contributed by atoms with van der Waals surface area (Å²) in [7, 11) is 1.70. The first-order valence-electron chi connectivity index (χ1n) is 6.01. The molecule has 1 aliphatic heterocycles. The molecule has 0 bridgehead atoms. The highest BCUT2D eigenvalue weighted by Crippen LogP contribution is 2.23. The SMILES string of the molecule is COc1ccc(N2CCC(NSC)CC2)cc1. The van der Waals surface area contributed by atoms with E-state index in [1.807, 2.05) is 12.1 Å². The maximum absolute atomic E-state index is 5.17. The molecule has 0 saturated carbocycles. The van der Waals surface area contributed by atoms with Crippen molar-refractivity contribution < 1.29 is 4.74 Å². The second-order valence-electron chi connectivity index (χ2n) is 4.28. The summed E-state index contributed by atoms with van der Waals surface area (Å²) in [6.07, 6.45) is 4.52. The van der Waals surface area contributed by atoms with Gasteiger partial charge in [0.15, 0.2) is 0 Å². The molecule has 4 heteroatoms. The maximum atomic E-state index is 5.17. The molecule has 0 aromatic heterocycles. The van der Waals surface area contributed by atoms with Gasteiger partial charge in [0.05, 0.1) is 7.11 Å². The first kappa shape index (κ1) is 12.6. The van der Waals surface area contributed by atoms with Crippen molar-refractivity contribution in [2.45, 2.75) is 18.9 Å². The number of ether oxygens (including phenoxy) is 1. The molecule has 1 saturated heterocycles. The van der Waals surface area contributed by atoms with Crippen LogP contribution in [0.1, 0.15) is 12.8 Å². The van der Waals surface area contributed by atoms with Gasteiger partial charge in [-0.25, -0.2) is 0 Å². The predicted octanol–water partition coefficient (Wildman–Crippen LogP) is 2.53. The third-order valence-corrected chi connectivity index (χ3v) is 3.79. The highest BCUT2D eigenvalue weighted by molar-refractivity contribution is 7.96. The van der Waals surface area contributed by atoms with Gasteiger partial charge < -0.3 is 9.64 Å². The Labute approximate surface area is 108 Å². The van der Waals surface area contributed by atoms with E-state index in [0.717, 1.165) is 18.8 Å². The van der Waals surface area contributed by atoms with E-state index in [2.05, 4.69) is 28.0 Å². The summed E-state index contributed by atoms with van der Waals surface area (Å²) in [5.74, 6) is 0.924. The number of hydrogen-bond donors (Lipinski definition) is 1. The van der Waals surface area contributed by atoms with Gasteiger partial charge in [0, 0.05) is 24.8 Å². The number of nitrogens with one attached hydrogen (secondary N) is 1. The summed E-state index contributed by atoms with van der Waals surface area (Å²) < 4.78 is 8.62.